The molecule has 0 amide bonds. The van der Waals surface area contributed by atoms with Gasteiger partial charge in [-0.15, -0.1) is 0 Å². The van der Waals surface area contributed by atoms with Crippen molar-refractivity contribution in [3.8, 4) is 11.1 Å². The van der Waals surface area contributed by atoms with Crippen molar-refractivity contribution < 1.29 is 9.13 Å². The quantitative estimate of drug-likeness (QED) is 0.782. The average molecular weight is 269 g/mol. The van der Waals surface area contributed by atoms with Crippen LogP contribution in [0.4, 0.5) is 10.1 Å². The van der Waals surface area contributed by atoms with E-state index in [4.69, 9.17) is 4.74 Å². The molecule has 2 nitrogen and oxygen atoms in total. The molecule has 102 valence electrons. The number of alkyl halides is 1. The van der Waals surface area contributed by atoms with E-state index in [2.05, 4.69) is 6.07 Å². The highest BCUT2D eigenvalue weighted by Gasteiger charge is 2.55. The minimum absolute atomic E-state index is 0.438. The van der Waals surface area contributed by atoms with E-state index >= 15 is 4.39 Å². The standard InChI is InChI=1S/C17H16FNO/c1-19-15-8-7-13(12-5-3-2-4-6-12)11-14(15)17(18)9-10-20-16(17)19/h2-8,11,16H,9-10H2,1H3/t16-,17+/m0/s1. The van der Waals surface area contributed by atoms with Gasteiger partial charge in [-0.3, -0.25) is 0 Å². The number of nitrogens with zero attached hydrogens (tertiary/aromatic N) is 1. The molecule has 0 saturated carbocycles. The largest absolute Gasteiger partial charge is 0.354 e. The lowest BCUT2D eigenvalue weighted by Gasteiger charge is -2.23. The second-order valence-electron chi connectivity index (χ2n) is 5.54. The molecule has 2 aromatic rings. The summed E-state index contributed by atoms with van der Waals surface area (Å²) in [5, 5.41) is 0. The van der Waals surface area contributed by atoms with Crippen molar-refractivity contribution >= 4 is 5.69 Å². The Morgan fingerprint density at radius 2 is 1.95 bits per heavy atom. The highest BCUT2D eigenvalue weighted by molar-refractivity contribution is 5.72. The fourth-order valence-corrected chi connectivity index (χ4v) is 3.37. The summed E-state index contributed by atoms with van der Waals surface area (Å²) in [4.78, 5) is 1.91. The molecule has 0 N–H and O–H groups in total. The molecular formula is C17H16FNO. The predicted molar refractivity (Wildman–Crippen MR) is 77.4 cm³/mol. The lowest BCUT2D eigenvalue weighted by molar-refractivity contribution is 0.0341. The van der Waals surface area contributed by atoms with Crippen molar-refractivity contribution in [1.82, 2.24) is 0 Å². The molecule has 2 atom stereocenters. The van der Waals surface area contributed by atoms with Crippen LogP contribution in [0.15, 0.2) is 48.5 Å². The first-order valence-electron chi connectivity index (χ1n) is 6.93. The lowest BCUT2D eigenvalue weighted by atomic mass is 9.92. The Bertz CT molecular complexity index is 657. The molecule has 2 aliphatic heterocycles. The van der Waals surface area contributed by atoms with Gasteiger partial charge in [0.2, 0.25) is 0 Å². The Labute approximate surface area is 117 Å². The molecule has 0 aliphatic carbocycles. The number of rotatable bonds is 1. The summed E-state index contributed by atoms with van der Waals surface area (Å²) in [6, 6.07) is 16.1. The number of anilines is 1. The first-order valence-corrected chi connectivity index (χ1v) is 6.93. The maximum Gasteiger partial charge on any atom is 0.184 e. The van der Waals surface area contributed by atoms with E-state index in [-0.39, 0.29) is 0 Å². The zero-order valence-electron chi connectivity index (χ0n) is 11.3. The van der Waals surface area contributed by atoms with Gasteiger partial charge in [0, 0.05) is 24.7 Å². The molecule has 1 fully saturated rings. The average Bonchev–Trinajstić information content (AvgIpc) is 2.97. The van der Waals surface area contributed by atoms with Crippen LogP contribution in [0.2, 0.25) is 0 Å². The van der Waals surface area contributed by atoms with Crippen LogP contribution in [0.1, 0.15) is 12.0 Å². The Hall–Kier alpha value is -1.87. The van der Waals surface area contributed by atoms with Gasteiger partial charge in [-0.25, -0.2) is 4.39 Å². The molecule has 0 spiro atoms. The first kappa shape index (κ1) is 11.9. The minimum Gasteiger partial charge on any atom is -0.354 e. The van der Waals surface area contributed by atoms with Crippen molar-refractivity contribution in [2.75, 3.05) is 18.6 Å². The van der Waals surface area contributed by atoms with Gasteiger partial charge in [-0.05, 0) is 23.3 Å². The number of likely N-dealkylation sites (N-methyl/N-ethyl adjacent to an activating group) is 1. The Morgan fingerprint density at radius 1 is 1.15 bits per heavy atom. The van der Waals surface area contributed by atoms with Crippen LogP contribution >= 0.6 is 0 Å². The van der Waals surface area contributed by atoms with Crippen LogP contribution < -0.4 is 4.90 Å². The zero-order chi connectivity index (χ0) is 13.7. The van der Waals surface area contributed by atoms with Crippen molar-refractivity contribution in [2.45, 2.75) is 18.3 Å². The maximum atomic E-state index is 15.3. The molecule has 4 rings (SSSR count). The van der Waals surface area contributed by atoms with Crippen LogP contribution in [0.25, 0.3) is 11.1 Å². The number of hydrogen-bond donors (Lipinski definition) is 0. The molecule has 0 bridgehead atoms. The van der Waals surface area contributed by atoms with E-state index in [0.717, 1.165) is 22.4 Å². The summed E-state index contributed by atoms with van der Waals surface area (Å²) in [6.07, 6.45) is -0.0312. The molecule has 2 aromatic carbocycles. The van der Waals surface area contributed by atoms with E-state index in [1.165, 1.54) is 0 Å². The van der Waals surface area contributed by atoms with Crippen LogP contribution in [0.5, 0.6) is 0 Å². The van der Waals surface area contributed by atoms with E-state index in [9.17, 15) is 0 Å². The number of hydrogen-bond acceptors (Lipinski definition) is 2. The molecule has 2 heterocycles. The Morgan fingerprint density at radius 3 is 2.75 bits per heavy atom. The molecule has 3 heteroatoms. The summed E-state index contributed by atoms with van der Waals surface area (Å²) in [5.74, 6) is 0. The van der Waals surface area contributed by atoms with Gasteiger partial charge in [-0.2, -0.15) is 0 Å². The monoisotopic (exact) mass is 269 g/mol. The summed E-state index contributed by atoms with van der Waals surface area (Å²) in [5.41, 5.74) is 2.52. The molecule has 2 aliphatic rings. The second-order valence-corrected chi connectivity index (χ2v) is 5.54. The molecular weight excluding hydrogens is 253 g/mol. The van der Waals surface area contributed by atoms with Gasteiger partial charge in [0.15, 0.2) is 11.9 Å². The van der Waals surface area contributed by atoms with Gasteiger partial charge in [0.05, 0.1) is 6.61 Å². The normalized spacial score (nSPS) is 27.5. The zero-order valence-corrected chi connectivity index (χ0v) is 11.3. The molecule has 0 aromatic heterocycles. The number of ether oxygens (including phenoxy) is 1. The molecule has 0 unspecified atom stereocenters. The third-order valence-corrected chi connectivity index (χ3v) is 4.42. The van der Waals surface area contributed by atoms with Crippen LogP contribution in [-0.4, -0.2) is 19.9 Å². The van der Waals surface area contributed by atoms with Crippen LogP contribution in [0, 0.1) is 0 Å². The van der Waals surface area contributed by atoms with Crippen molar-refractivity contribution in [1.29, 1.82) is 0 Å². The Balaban J connectivity index is 1.86. The fourth-order valence-electron chi connectivity index (χ4n) is 3.37. The number of fused-ring (bicyclic) bond motifs is 3. The summed E-state index contributed by atoms with van der Waals surface area (Å²) >= 11 is 0. The van der Waals surface area contributed by atoms with Crippen LogP contribution in [0.3, 0.4) is 0 Å². The summed E-state index contributed by atoms with van der Waals surface area (Å²) in [6.45, 7) is 0.487. The van der Waals surface area contributed by atoms with E-state index in [0.29, 0.717) is 13.0 Å². The van der Waals surface area contributed by atoms with Crippen molar-refractivity contribution in [3.63, 3.8) is 0 Å². The first-order chi connectivity index (χ1) is 9.70. The third-order valence-electron chi connectivity index (χ3n) is 4.42. The smallest absolute Gasteiger partial charge is 0.184 e. The molecule has 1 saturated heterocycles. The van der Waals surface area contributed by atoms with Gasteiger partial charge in [-0.1, -0.05) is 36.4 Å². The molecule has 20 heavy (non-hydrogen) atoms. The van der Waals surface area contributed by atoms with Crippen molar-refractivity contribution in [3.05, 3.63) is 54.1 Å². The predicted octanol–water partition coefficient (Wildman–Crippen LogP) is 3.71. The SMILES string of the molecule is CN1c2ccc(-c3ccccc3)cc2[C@]2(F)CCO[C@H]12. The minimum atomic E-state index is -1.37. The number of benzene rings is 2. The summed E-state index contributed by atoms with van der Waals surface area (Å²) < 4.78 is 20.8. The number of halogens is 1. The van der Waals surface area contributed by atoms with E-state index in [1.807, 2.05) is 54.4 Å². The van der Waals surface area contributed by atoms with Crippen molar-refractivity contribution in [2.24, 2.45) is 0 Å². The van der Waals surface area contributed by atoms with Gasteiger partial charge in [0.25, 0.3) is 0 Å². The van der Waals surface area contributed by atoms with Gasteiger partial charge < -0.3 is 9.64 Å². The highest BCUT2D eigenvalue weighted by atomic mass is 19.1. The molecule has 0 radical (unpaired) electrons. The highest BCUT2D eigenvalue weighted by Crippen LogP contribution is 2.52. The topological polar surface area (TPSA) is 12.5 Å². The lowest BCUT2D eigenvalue weighted by Crippen LogP contribution is -2.36. The van der Waals surface area contributed by atoms with E-state index < -0.39 is 11.9 Å². The third kappa shape index (κ3) is 1.47. The Kier molecular flexibility index (Phi) is 2.42. The summed E-state index contributed by atoms with van der Waals surface area (Å²) in [7, 11) is 1.90. The van der Waals surface area contributed by atoms with Crippen LogP contribution in [-0.2, 0) is 10.4 Å². The van der Waals surface area contributed by atoms with E-state index in [1.54, 1.807) is 0 Å². The fraction of sp³-hybridized carbons (Fsp3) is 0.294. The maximum absolute atomic E-state index is 15.3. The van der Waals surface area contributed by atoms with Gasteiger partial charge >= 0.3 is 0 Å². The van der Waals surface area contributed by atoms with Gasteiger partial charge in [0.1, 0.15) is 0 Å². The second kappa shape index (κ2) is 4.06.